The molecule has 0 spiro atoms. The number of thiazole rings is 1. The van der Waals surface area contributed by atoms with Gasteiger partial charge < -0.3 is 4.57 Å². The predicted molar refractivity (Wildman–Crippen MR) is 78.5 cm³/mol. The number of aryl methyl sites for hydroxylation is 3. The van der Waals surface area contributed by atoms with Gasteiger partial charge in [-0.2, -0.15) is 0 Å². The summed E-state index contributed by atoms with van der Waals surface area (Å²) in [6.45, 7) is 5.52. The molecule has 2 aromatic rings. The highest BCUT2D eigenvalue weighted by Gasteiger charge is 2.26. The number of sulfonamides is 1. The van der Waals surface area contributed by atoms with Crippen LogP contribution >= 0.6 is 22.9 Å². The number of hydrogen-bond acceptors (Lipinski definition) is 5. The molecule has 20 heavy (non-hydrogen) atoms. The van der Waals surface area contributed by atoms with Crippen LogP contribution in [0.4, 0.5) is 0 Å². The lowest BCUT2D eigenvalue weighted by Gasteiger charge is -2.12. The number of nitrogens with one attached hydrogen (secondary N) is 1. The number of nitrogens with zero attached hydrogens (tertiary/aromatic N) is 3. The van der Waals surface area contributed by atoms with Crippen molar-refractivity contribution in [1.29, 1.82) is 0 Å². The SMILES string of the molecule is Cc1nc(C)c(C(C)NS(=O)(=O)c2ncn(C)c2Cl)s1. The summed E-state index contributed by atoms with van der Waals surface area (Å²) in [5.41, 5.74) is 0.829. The Morgan fingerprint density at radius 1 is 1.45 bits per heavy atom. The number of hydrogen-bond donors (Lipinski definition) is 1. The van der Waals surface area contributed by atoms with Crippen LogP contribution in [0.3, 0.4) is 0 Å². The molecule has 2 aromatic heterocycles. The van der Waals surface area contributed by atoms with E-state index < -0.39 is 10.0 Å². The zero-order valence-corrected chi connectivity index (χ0v) is 13.9. The maximum Gasteiger partial charge on any atom is 0.261 e. The highest BCUT2D eigenvalue weighted by Crippen LogP contribution is 2.27. The Kier molecular flexibility index (Phi) is 4.19. The first-order valence-electron chi connectivity index (χ1n) is 5.85. The Labute approximate surface area is 126 Å². The molecule has 110 valence electrons. The second-order valence-electron chi connectivity index (χ2n) is 4.48. The van der Waals surface area contributed by atoms with E-state index in [9.17, 15) is 8.42 Å². The molecule has 6 nitrogen and oxygen atoms in total. The van der Waals surface area contributed by atoms with E-state index in [0.29, 0.717) is 0 Å². The Morgan fingerprint density at radius 2 is 2.10 bits per heavy atom. The lowest BCUT2D eigenvalue weighted by Crippen LogP contribution is -2.27. The van der Waals surface area contributed by atoms with E-state index in [1.807, 2.05) is 13.8 Å². The monoisotopic (exact) mass is 334 g/mol. The Morgan fingerprint density at radius 3 is 2.55 bits per heavy atom. The van der Waals surface area contributed by atoms with Gasteiger partial charge in [0.2, 0.25) is 5.03 Å². The van der Waals surface area contributed by atoms with E-state index in [0.717, 1.165) is 15.6 Å². The summed E-state index contributed by atoms with van der Waals surface area (Å²) in [5, 5.41) is 0.828. The summed E-state index contributed by atoms with van der Waals surface area (Å²) in [6.07, 6.45) is 1.36. The summed E-state index contributed by atoms with van der Waals surface area (Å²) >= 11 is 7.40. The van der Waals surface area contributed by atoms with Crippen molar-refractivity contribution in [3.63, 3.8) is 0 Å². The molecule has 0 fully saturated rings. The minimum atomic E-state index is -3.76. The third-order valence-corrected chi connectivity index (χ3v) is 6.04. The molecular weight excluding hydrogens is 320 g/mol. The van der Waals surface area contributed by atoms with Crippen molar-refractivity contribution in [1.82, 2.24) is 19.3 Å². The average Bonchev–Trinajstić information content (AvgIpc) is 2.83. The van der Waals surface area contributed by atoms with Crippen LogP contribution in [0, 0.1) is 13.8 Å². The van der Waals surface area contributed by atoms with Gasteiger partial charge in [0.05, 0.1) is 23.1 Å². The summed E-state index contributed by atoms with van der Waals surface area (Å²) in [6, 6.07) is -0.385. The standard InChI is InChI=1S/C11H15ClN4O2S2/c1-6-9(19-8(3)14-6)7(2)15-20(17,18)11-10(12)16(4)5-13-11/h5,7,15H,1-4H3. The van der Waals surface area contributed by atoms with Crippen LogP contribution in [0.25, 0.3) is 0 Å². The topological polar surface area (TPSA) is 76.9 Å². The van der Waals surface area contributed by atoms with Gasteiger partial charge in [-0.3, -0.25) is 0 Å². The Balaban J connectivity index is 2.29. The van der Waals surface area contributed by atoms with Crippen molar-refractivity contribution in [2.75, 3.05) is 0 Å². The van der Waals surface area contributed by atoms with Crippen molar-refractivity contribution >= 4 is 33.0 Å². The summed E-state index contributed by atoms with van der Waals surface area (Å²) in [5.74, 6) is 0. The molecule has 2 rings (SSSR count). The van der Waals surface area contributed by atoms with E-state index in [4.69, 9.17) is 11.6 Å². The molecule has 2 heterocycles. The van der Waals surface area contributed by atoms with Gasteiger partial charge in [0.25, 0.3) is 10.0 Å². The summed E-state index contributed by atoms with van der Waals surface area (Å²) < 4.78 is 28.6. The number of rotatable bonds is 4. The second-order valence-corrected chi connectivity index (χ2v) is 7.70. The van der Waals surface area contributed by atoms with Gasteiger partial charge in [-0.25, -0.2) is 23.1 Å². The normalized spacial score (nSPS) is 13.7. The number of halogens is 1. The van der Waals surface area contributed by atoms with Crippen LogP contribution in [0.2, 0.25) is 5.15 Å². The molecule has 0 radical (unpaired) electrons. The molecule has 0 amide bonds. The third-order valence-electron chi connectivity index (χ3n) is 2.75. The third kappa shape index (κ3) is 2.88. The second kappa shape index (κ2) is 5.44. The quantitative estimate of drug-likeness (QED) is 0.929. The molecule has 0 saturated carbocycles. The number of aromatic nitrogens is 3. The van der Waals surface area contributed by atoms with Gasteiger partial charge in [-0.05, 0) is 20.8 Å². The largest absolute Gasteiger partial charge is 0.324 e. The fourth-order valence-electron chi connectivity index (χ4n) is 1.86. The zero-order chi connectivity index (χ0) is 15.1. The smallest absolute Gasteiger partial charge is 0.261 e. The molecule has 1 N–H and O–H groups in total. The molecule has 0 aliphatic carbocycles. The minimum Gasteiger partial charge on any atom is -0.324 e. The van der Waals surface area contributed by atoms with Crippen LogP contribution in [-0.4, -0.2) is 23.0 Å². The fraction of sp³-hybridized carbons (Fsp3) is 0.455. The van der Waals surface area contributed by atoms with Crippen molar-refractivity contribution in [3.05, 3.63) is 27.1 Å². The van der Waals surface area contributed by atoms with Crippen molar-refractivity contribution < 1.29 is 8.42 Å². The van der Waals surface area contributed by atoms with Gasteiger partial charge in [0.15, 0.2) is 0 Å². The fourth-order valence-corrected chi connectivity index (χ4v) is 4.51. The molecule has 1 unspecified atom stereocenters. The predicted octanol–water partition coefficient (Wildman–Crippen LogP) is 2.19. The molecular formula is C11H15ClN4O2S2. The maximum atomic E-state index is 12.3. The number of imidazole rings is 1. The van der Waals surface area contributed by atoms with Gasteiger partial charge in [0.1, 0.15) is 5.15 Å². The molecule has 0 aliphatic rings. The first-order valence-corrected chi connectivity index (χ1v) is 8.53. The minimum absolute atomic E-state index is 0.0851. The van der Waals surface area contributed by atoms with Crippen LogP contribution in [-0.2, 0) is 17.1 Å². The first-order chi connectivity index (χ1) is 9.22. The van der Waals surface area contributed by atoms with Gasteiger partial charge >= 0.3 is 0 Å². The highest BCUT2D eigenvalue weighted by atomic mass is 35.5. The highest BCUT2D eigenvalue weighted by molar-refractivity contribution is 7.89. The average molecular weight is 335 g/mol. The van der Waals surface area contributed by atoms with Gasteiger partial charge in [-0.15, -0.1) is 11.3 Å². The van der Waals surface area contributed by atoms with Crippen molar-refractivity contribution in [3.8, 4) is 0 Å². The molecule has 0 bridgehead atoms. The van der Waals surface area contributed by atoms with Crippen LogP contribution in [0.5, 0.6) is 0 Å². The molecule has 0 saturated heterocycles. The van der Waals surface area contributed by atoms with Gasteiger partial charge in [-0.1, -0.05) is 11.6 Å². The van der Waals surface area contributed by atoms with E-state index in [1.165, 1.54) is 22.2 Å². The van der Waals surface area contributed by atoms with E-state index in [2.05, 4.69) is 14.7 Å². The van der Waals surface area contributed by atoms with E-state index >= 15 is 0 Å². The summed E-state index contributed by atoms with van der Waals surface area (Å²) in [7, 11) is -2.13. The van der Waals surface area contributed by atoms with E-state index in [1.54, 1.807) is 14.0 Å². The van der Waals surface area contributed by atoms with Crippen LogP contribution in [0.15, 0.2) is 11.4 Å². The van der Waals surface area contributed by atoms with Gasteiger partial charge in [0, 0.05) is 11.9 Å². The molecule has 0 aromatic carbocycles. The van der Waals surface area contributed by atoms with Crippen LogP contribution < -0.4 is 4.72 Å². The first kappa shape index (κ1) is 15.4. The lowest BCUT2D eigenvalue weighted by molar-refractivity contribution is 0.564. The molecule has 1 atom stereocenters. The maximum absolute atomic E-state index is 12.3. The Bertz CT molecular complexity index is 736. The molecule has 9 heteroatoms. The van der Waals surface area contributed by atoms with Crippen molar-refractivity contribution in [2.24, 2.45) is 7.05 Å². The van der Waals surface area contributed by atoms with E-state index in [-0.39, 0.29) is 16.2 Å². The van der Waals surface area contributed by atoms with Crippen molar-refractivity contribution in [2.45, 2.75) is 31.8 Å². The van der Waals surface area contributed by atoms with Crippen LogP contribution in [0.1, 0.15) is 28.5 Å². The zero-order valence-electron chi connectivity index (χ0n) is 11.5. The summed E-state index contributed by atoms with van der Waals surface area (Å²) in [4.78, 5) is 9.01. The lowest BCUT2D eigenvalue weighted by atomic mass is 10.2. The molecule has 0 aliphatic heterocycles. The Hall–Kier alpha value is -0.960.